The van der Waals surface area contributed by atoms with Crippen LogP contribution in [0.4, 0.5) is 0 Å². The van der Waals surface area contributed by atoms with Crippen LogP contribution in [0.1, 0.15) is 39.8 Å². The maximum atomic E-state index is 13.1. The van der Waals surface area contributed by atoms with E-state index in [-0.39, 0.29) is 5.91 Å². The molecule has 0 radical (unpaired) electrons. The molecular weight excluding hydrogens is 416 g/mol. The first-order valence-electron chi connectivity index (χ1n) is 10.1. The quantitative estimate of drug-likeness (QED) is 0.428. The topological polar surface area (TPSA) is 51.0 Å². The van der Waals surface area contributed by atoms with E-state index in [1.165, 1.54) is 0 Å². The Kier molecular flexibility index (Phi) is 5.05. The highest BCUT2D eigenvalue weighted by molar-refractivity contribution is 7.18. The third-order valence-corrected chi connectivity index (χ3v) is 7.17. The highest BCUT2D eigenvalue weighted by Gasteiger charge is 2.28. The molecule has 7 heteroatoms. The molecule has 152 valence electrons. The lowest BCUT2D eigenvalue weighted by atomic mass is 9.97. The van der Waals surface area contributed by atoms with Crippen LogP contribution in [0, 0.1) is 6.92 Å². The molecule has 0 bridgehead atoms. The molecule has 5 rings (SSSR count). The van der Waals surface area contributed by atoms with Gasteiger partial charge in [-0.25, -0.2) is 9.67 Å². The fraction of sp³-hybridized carbons (Fsp3) is 0.261. The van der Waals surface area contributed by atoms with Crippen molar-refractivity contribution in [3.05, 3.63) is 76.0 Å². The minimum atomic E-state index is 0.0595. The average Bonchev–Trinajstić information content (AvgIpc) is 3.37. The maximum absolute atomic E-state index is 13.1. The van der Waals surface area contributed by atoms with Crippen LogP contribution in [0.25, 0.3) is 15.9 Å². The number of likely N-dealkylation sites (tertiary alicyclic amines) is 1. The monoisotopic (exact) mass is 436 g/mol. The van der Waals surface area contributed by atoms with Gasteiger partial charge in [-0.05, 0) is 50.1 Å². The highest BCUT2D eigenvalue weighted by Crippen LogP contribution is 2.35. The van der Waals surface area contributed by atoms with Crippen LogP contribution in [0.2, 0.25) is 5.02 Å². The van der Waals surface area contributed by atoms with E-state index in [1.807, 2.05) is 65.0 Å². The van der Waals surface area contributed by atoms with Crippen molar-refractivity contribution >= 4 is 39.1 Å². The number of halogens is 1. The molecule has 0 spiro atoms. The van der Waals surface area contributed by atoms with Gasteiger partial charge in [0.25, 0.3) is 5.91 Å². The number of amides is 1. The van der Waals surface area contributed by atoms with Crippen LogP contribution in [0.15, 0.2) is 54.7 Å². The molecule has 4 aromatic rings. The van der Waals surface area contributed by atoms with Crippen LogP contribution in [-0.4, -0.2) is 38.7 Å². The summed E-state index contributed by atoms with van der Waals surface area (Å²) in [6, 6.07) is 15.8. The van der Waals surface area contributed by atoms with Gasteiger partial charge < -0.3 is 4.90 Å². The van der Waals surface area contributed by atoms with Crippen LogP contribution >= 0.6 is 22.9 Å². The smallest absolute Gasteiger partial charge is 0.257 e. The second-order valence-corrected chi connectivity index (χ2v) is 9.12. The molecule has 1 saturated heterocycles. The van der Waals surface area contributed by atoms with Crippen LogP contribution < -0.4 is 0 Å². The Morgan fingerprint density at radius 3 is 2.67 bits per heavy atom. The van der Waals surface area contributed by atoms with E-state index in [4.69, 9.17) is 16.6 Å². The number of para-hydroxylation sites is 1. The molecule has 1 aliphatic rings. The molecule has 0 atom stereocenters. The van der Waals surface area contributed by atoms with Crippen LogP contribution in [-0.2, 0) is 0 Å². The fourth-order valence-corrected chi connectivity index (χ4v) is 5.33. The molecule has 0 N–H and O–H groups in total. The molecule has 0 unspecified atom stereocenters. The third-order valence-electron chi connectivity index (χ3n) is 5.74. The first-order valence-corrected chi connectivity index (χ1v) is 11.2. The van der Waals surface area contributed by atoms with Crippen molar-refractivity contribution in [2.45, 2.75) is 25.7 Å². The zero-order chi connectivity index (χ0) is 20.7. The molecule has 1 aliphatic heterocycles. The van der Waals surface area contributed by atoms with E-state index >= 15 is 0 Å². The van der Waals surface area contributed by atoms with Gasteiger partial charge in [0.1, 0.15) is 0 Å². The number of thiazole rings is 1. The van der Waals surface area contributed by atoms with Crippen molar-refractivity contribution < 1.29 is 4.79 Å². The summed E-state index contributed by atoms with van der Waals surface area (Å²) >= 11 is 7.83. The number of hydrogen-bond acceptors (Lipinski definition) is 4. The van der Waals surface area contributed by atoms with Crippen LogP contribution in [0.3, 0.4) is 0 Å². The molecule has 2 aromatic carbocycles. The predicted octanol–water partition coefficient (Wildman–Crippen LogP) is 5.46. The Balaban J connectivity index is 1.29. The number of hydrogen-bond donors (Lipinski definition) is 0. The number of rotatable bonds is 3. The zero-order valence-electron chi connectivity index (χ0n) is 16.6. The third kappa shape index (κ3) is 3.50. The predicted molar refractivity (Wildman–Crippen MR) is 121 cm³/mol. The standard InChI is InChI=1S/C23H21ClN4OS/c1-15-19(14-25-28(15)18-5-3-2-4-6-18)23(29)27-11-9-16(10-12-27)22-26-20-13-17(24)7-8-21(20)30-22/h2-8,13-14,16H,9-12H2,1H3. The Morgan fingerprint density at radius 2 is 1.90 bits per heavy atom. The van der Waals surface area contributed by atoms with Gasteiger partial charge in [-0.2, -0.15) is 5.10 Å². The Labute approximate surface area is 183 Å². The van der Waals surface area contributed by atoms with Gasteiger partial charge in [0.2, 0.25) is 0 Å². The summed E-state index contributed by atoms with van der Waals surface area (Å²) in [7, 11) is 0. The molecule has 5 nitrogen and oxygen atoms in total. The van der Waals surface area contributed by atoms with Crippen molar-refractivity contribution in [1.82, 2.24) is 19.7 Å². The first kappa shape index (κ1) is 19.3. The van der Waals surface area contributed by atoms with Crippen molar-refractivity contribution in [3.8, 4) is 5.69 Å². The van der Waals surface area contributed by atoms with Crippen LogP contribution in [0.5, 0.6) is 0 Å². The Hall–Kier alpha value is -2.70. The van der Waals surface area contributed by atoms with E-state index < -0.39 is 0 Å². The zero-order valence-corrected chi connectivity index (χ0v) is 18.2. The van der Waals surface area contributed by atoms with Crippen molar-refractivity contribution in [2.24, 2.45) is 0 Å². The summed E-state index contributed by atoms with van der Waals surface area (Å²) < 4.78 is 2.99. The van der Waals surface area contributed by atoms with Gasteiger partial charge in [-0.3, -0.25) is 4.79 Å². The van der Waals surface area contributed by atoms with Crippen molar-refractivity contribution in [2.75, 3.05) is 13.1 Å². The van der Waals surface area contributed by atoms with E-state index in [0.717, 1.165) is 52.5 Å². The summed E-state index contributed by atoms with van der Waals surface area (Å²) in [5.41, 5.74) is 3.47. The van der Waals surface area contributed by atoms with Gasteiger partial charge in [-0.15, -0.1) is 11.3 Å². The lowest BCUT2D eigenvalue weighted by Crippen LogP contribution is -2.38. The molecule has 30 heavy (non-hydrogen) atoms. The summed E-state index contributed by atoms with van der Waals surface area (Å²) in [6.07, 6.45) is 3.53. The van der Waals surface area contributed by atoms with E-state index in [0.29, 0.717) is 16.5 Å². The maximum Gasteiger partial charge on any atom is 0.257 e. The Bertz CT molecular complexity index is 1210. The summed E-state index contributed by atoms with van der Waals surface area (Å²) in [4.78, 5) is 19.9. The number of carbonyl (C=O) groups is 1. The molecule has 1 amide bonds. The lowest BCUT2D eigenvalue weighted by molar-refractivity contribution is 0.0712. The van der Waals surface area contributed by atoms with E-state index in [1.54, 1.807) is 17.5 Å². The lowest BCUT2D eigenvalue weighted by Gasteiger charge is -2.31. The summed E-state index contributed by atoms with van der Waals surface area (Å²) in [6.45, 7) is 3.42. The van der Waals surface area contributed by atoms with Gasteiger partial charge in [0.15, 0.2) is 0 Å². The highest BCUT2D eigenvalue weighted by atomic mass is 35.5. The fourth-order valence-electron chi connectivity index (χ4n) is 4.04. The van der Waals surface area contributed by atoms with Gasteiger partial charge in [0, 0.05) is 24.0 Å². The second kappa shape index (κ2) is 7.85. The van der Waals surface area contributed by atoms with E-state index in [2.05, 4.69) is 5.10 Å². The molecular formula is C23H21ClN4OS. The minimum Gasteiger partial charge on any atom is -0.338 e. The second-order valence-electron chi connectivity index (χ2n) is 7.62. The number of nitrogens with zero attached hydrogens (tertiary/aromatic N) is 4. The SMILES string of the molecule is Cc1c(C(=O)N2CCC(c3nc4cc(Cl)ccc4s3)CC2)cnn1-c1ccccc1. The van der Waals surface area contributed by atoms with E-state index in [9.17, 15) is 4.79 Å². The largest absolute Gasteiger partial charge is 0.338 e. The van der Waals surface area contributed by atoms with Gasteiger partial charge >= 0.3 is 0 Å². The molecule has 0 saturated carbocycles. The average molecular weight is 437 g/mol. The van der Waals surface area contributed by atoms with Crippen molar-refractivity contribution in [1.29, 1.82) is 0 Å². The number of aromatic nitrogens is 3. The first-order chi connectivity index (χ1) is 14.6. The van der Waals surface area contributed by atoms with Crippen molar-refractivity contribution in [3.63, 3.8) is 0 Å². The summed E-state index contributed by atoms with van der Waals surface area (Å²) in [5, 5.41) is 6.31. The minimum absolute atomic E-state index is 0.0595. The molecule has 2 aromatic heterocycles. The number of piperidine rings is 1. The molecule has 3 heterocycles. The van der Waals surface area contributed by atoms with Gasteiger partial charge in [-0.1, -0.05) is 29.8 Å². The summed E-state index contributed by atoms with van der Waals surface area (Å²) in [5.74, 6) is 0.447. The Morgan fingerprint density at radius 1 is 1.13 bits per heavy atom. The molecule has 0 aliphatic carbocycles. The number of benzene rings is 2. The number of fused-ring (bicyclic) bond motifs is 1. The number of carbonyl (C=O) groups excluding carboxylic acids is 1. The molecule has 1 fully saturated rings. The normalized spacial score (nSPS) is 15.1. The van der Waals surface area contributed by atoms with Gasteiger partial charge in [0.05, 0.1) is 38.4 Å².